The van der Waals surface area contributed by atoms with Crippen LogP contribution in [-0.4, -0.2) is 17.3 Å². The van der Waals surface area contributed by atoms with Crippen LogP contribution in [0.3, 0.4) is 0 Å². The van der Waals surface area contributed by atoms with Gasteiger partial charge in [0.2, 0.25) is 11.7 Å². The van der Waals surface area contributed by atoms with Crippen LogP contribution in [0.5, 0.6) is 0 Å². The minimum Gasteiger partial charge on any atom is -0.373 e. The fourth-order valence-electron chi connectivity index (χ4n) is 3.02. The van der Waals surface area contributed by atoms with Crippen molar-refractivity contribution in [1.29, 1.82) is 0 Å². The predicted octanol–water partition coefficient (Wildman–Crippen LogP) is 3.45. The summed E-state index contributed by atoms with van der Waals surface area (Å²) < 4.78 is 11.0. The average Bonchev–Trinajstić information content (AvgIpc) is 3.20. The van der Waals surface area contributed by atoms with Crippen LogP contribution < -0.4 is 5.73 Å². The maximum absolute atomic E-state index is 6.17. The summed E-state index contributed by atoms with van der Waals surface area (Å²) in [5, 5.41) is 6.10. The van der Waals surface area contributed by atoms with Crippen LogP contribution in [0, 0.1) is 5.92 Å². The van der Waals surface area contributed by atoms with Gasteiger partial charge in [0.25, 0.3) is 0 Å². The van der Waals surface area contributed by atoms with Crippen LogP contribution in [0.2, 0.25) is 0 Å². The number of rotatable bonds is 5. The molecule has 0 amide bonds. The summed E-state index contributed by atoms with van der Waals surface area (Å²) in [7, 11) is 1.72. The first-order valence-electron chi connectivity index (χ1n) is 7.45. The van der Waals surface area contributed by atoms with Crippen molar-refractivity contribution in [3.05, 3.63) is 34.1 Å². The van der Waals surface area contributed by atoms with Gasteiger partial charge in [-0.2, -0.15) is 4.98 Å². The molecule has 2 aromatic heterocycles. The molecule has 0 saturated heterocycles. The molecule has 2 N–H and O–H groups in total. The summed E-state index contributed by atoms with van der Waals surface area (Å²) in [6.45, 7) is 0. The van der Waals surface area contributed by atoms with Crippen molar-refractivity contribution < 1.29 is 9.26 Å². The first-order chi connectivity index (χ1) is 10.3. The molecule has 3 rings (SSSR count). The summed E-state index contributed by atoms with van der Waals surface area (Å²) in [6, 6.07) is 3.60. The van der Waals surface area contributed by atoms with E-state index in [2.05, 4.69) is 10.1 Å². The summed E-state index contributed by atoms with van der Waals surface area (Å²) in [4.78, 5) is 5.52. The highest BCUT2D eigenvalue weighted by molar-refractivity contribution is 7.10. The molecule has 5 nitrogen and oxygen atoms in total. The number of hydrogen-bond acceptors (Lipinski definition) is 6. The van der Waals surface area contributed by atoms with Crippen LogP contribution in [0.4, 0.5) is 0 Å². The van der Waals surface area contributed by atoms with Gasteiger partial charge in [-0.15, -0.1) is 11.3 Å². The standard InChI is InChI=1S/C15H21N3O2S/c1-19-13(10-6-3-2-4-7-10)14-17-15(20-18-14)12(16)11-8-5-9-21-11/h5,8-10,12-13H,2-4,6-7,16H2,1H3. The number of nitrogens with two attached hydrogens (primary N) is 1. The first kappa shape index (κ1) is 14.7. The lowest BCUT2D eigenvalue weighted by Crippen LogP contribution is -2.19. The van der Waals surface area contributed by atoms with Gasteiger partial charge in [-0.25, -0.2) is 0 Å². The Morgan fingerprint density at radius 2 is 2.19 bits per heavy atom. The fraction of sp³-hybridized carbons (Fsp3) is 0.600. The van der Waals surface area contributed by atoms with Crippen LogP contribution in [0.25, 0.3) is 0 Å². The van der Waals surface area contributed by atoms with E-state index in [-0.39, 0.29) is 12.1 Å². The number of thiophene rings is 1. The number of aromatic nitrogens is 2. The summed E-state index contributed by atoms with van der Waals surface area (Å²) in [5.74, 6) is 1.57. The molecule has 1 aliphatic rings. The monoisotopic (exact) mass is 307 g/mol. The van der Waals surface area contributed by atoms with Gasteiger partial charge in [0.05, 0.1) is 0 Å². The lowest BCUT2D eigenvalue weighted by Gasteiger charge is -2.26. The third-order valence-electron chi connectivity index (χ3n) is 4.16. The van der Waals surface area contributed by atoms with Crippen LogP contribution in [0.1, 0.15) is 60.8 Å². The molecule has 0 aromatic carbocycles. The molecule has 2 unspecified atom stereocenters. The molecule has 114 valence electrons. The molecule has 0 spiro atoms. The molecule has 1 fully saturated rings. The number of nitrogens with zero attached hydrogens (tertiary/aromatic N) is 2. The third kappa shape index (κ3) is 3.17. The Labute approximate surface area is 128 Å². The molecule has 6 heteroatoms. The van der Waals surface area contributed by atoms with Crippen molar-refractivity contribution in [1.82, 2.24) is 10.1 Å². The van der Waals surface area contributed by atoms with Crippen molar-refractivity contribution in [3.63, 3.8) is 0 Å². The molecule has 0 bridgehead atoms. The third-order valence-corrected chi connectivity index (χ3v) is 5.12. The van der Waals surface area contributed by atoms with Gasteiger partial charge in [0.15, 0.2) is 0 Å². The van der Waals surface area contributed by atoms with E-state index in [9.17, 15) is 0 Å². The summed E-state index contributed by atoms with van der Waals surface area (Å²) >= 11 is 1.59. The van der Waals surface area contributed by atoms with Gasteiger partial charge in [-0.3, -0.25) is 0 Å². The second kappa shape index (κ2) is 6.68. The van der Waals surface area contributed by atoms with E-state index in [1.54, 1.807) is 18.4 Å². The van der Waals surface area contributed by atoms with E-state index in [1.807, 2.05) is 17.5 Å². The lowest BCUT2D eigenvalue weighted by atomic mass is 9.85. The molecule has 0 aliphatic heterocycles. The highest BCUT2D eigenvalue weighted by Crippen LogP contribution is 2.35. The Morgan fingerprint density at radius 1 is 1.38 bits per heavy atom. The van der Waals surface area contributed by atoms with Gasteiger partial charge in [-0.1, -0.05) is 30.5 Å². The van der Waals surface area contributed by atoms with Crippen LogP contribution in [-0.2, 0) is 4.74 Å². The minimum absolute atomic E-state index is 0.0849. The zero-order valence-corrected chi connectivity index (χ0v) is 13.0. The van der Waals surface area contributed by atoms with E-state index in [1.165, 1.54) is 32.1 Å². The second-order valence-electron chi connectivity index (χ2n) is 5.54. The highest BCUT2D eigenvalue weighted by atomic mass is 32.1. The van der Waals surface area contributed by atoms with E-state index in [0.29, 0.717) is 17.6 Å². The Kier molecular flexibility index (Phi) is 4.67. The normalized spacial score (nSPS) is 19.5. The van der Waals surface area contributed by atoms with Gasteiger partial charge in [0.1, 0.15) is 12.1 Å². The fourth-order valence-corrected chi connectivity index (χ4v) is 3.74. The van der Waals surface area contributed by atoms with Gasteiger partial charge < -0.3 is 15.0 Å². The Hall–Kier alpha value is -1.24. The quantitative estimate of drug-likeness (QED) is 0.915. The van der Waals surface area contributed by atoms with Crippen molar-refractivity contribution in [2.24, 2.45) is 11.7 Å². The molecule has 1 aliphatic carbocycles. The van der Waals surface area contributed by atoms with Crippen molar-refractivity contribution in [3.8, 4) is 0 Å². The zero-order valence-electron chi connectivity index (χ0n) is 12.2. The minimum atomic E-state index is -0.352. The largest absolute Gasteiger partial charge is 0.373 e. The summed E-state index contributed by atoms with van der Waals surface area (Å²) in [5.41, 5.74) is 6.17. The highest BCUT2D eigenvalue weighted by Gasteiger charge is 2.30. The molecular formula is C15H21N3O2S. The number of methoxy groups -OCH3 is 1. The molecule has 2 heterocycles. The van der Waals surface area contributed by atoms with E-state index in [4.69, 9.17) is 15.0 Å². The van der Waals surface area contributed by atoms with E-state index < -0.39 is 0 Å². The smallest absolute Gasteiger partial charge is 0.249 e. The van der Waals surface area contributed by atoms with E-state index >= 15 is 0 Å². The number of ether oxygens (including phenoxy) is 1. The molecule has 2 atom stereocenters. The zero-order chi connectivity index (χ0) is 14.7. The first-order valence-corrected chi connectivity index (χ1v) is 8.33. The predicted molar refractivity (Wildman–Crippen MR) is 81.0 cm³/mol. The summed E-state index contributed by atoms with van der Waals surface area (Å²) in [6.07, 6.45) is 6.07. The van der Waals surface area contributed by atoms with Gasteiger partial charge in [0, 0.05) is 12.0 Å². The van der Waals surface area contributed by atoms with E-state index in [0.717, 1.165) is 4.88 Å². The molecule has 0 radical (unpaired) electrons. The maximum atomic E-state index is 6.17. The SMILES string of the molecule is COC(c1noc(C(N)c2cccs2)n1)C1CCCCC1. The Balaban J connectivity index is 1.76. The Morgan fingerprint density at radius 3 is 2.86 bits per heavy atom. The van der Waals surface area contributed by atoms with Crippen LogP contribution in [0.15, 0.2) is 22.0 Å². The maximum Gasteiger partial charge on any atom is 0.249 e. The number of hydrogen-bond donors (Lipinski definition) is 1. The van der Waals surface area contributed by atoms with Crippen molar-refractivity contribution >= 4 is 11.3 Å². The Bertz CT molecular complexity index is 549. The molecular weight excluding hydrogens is 286 g/mol. The van der Waals surface area contributed by atoms with Gasteiger partial charge >= 0.3 is 0 Å². The molecule has 1 saturated carbocycles. The lowest BCUT2D eigenvalue weighted by molar-refractivity contribution is 0.0273. The molecule has 21 heavy (non-hydrogen) atoms. The average molecular weight is 307 g/mol. The van der Waals surface area contributed by atoms with Crippen LogP contribution >= 0.6 is 11.3 Å². The second-order valence-corrected chi connectivity index (χ2v) is 6.52. The molecule has 2 aromatic rings. The topological polar surface area (TPSA) is 74.2 Å². The van der Waals surface area contributed by atoms with Gasteiger partial charge in [-0.05, 0) is 30.2 Å². The van der Waals surface area contributed by atoms with Crippen molar-refractivity contribution in [2.45, 2.75) is 44.2 Å². The van der Waals surface area contributed by atoms with Crippen molar-refractivity contribution in [2.75, 3.05) is 7.11 Å².